The Morgan fingerprint density at radius 2 is 2.07 bits per heavy atom. The molecule has 2 fully saturated rings. The number of fused-ring (bicyclic) bond motifs is 1. The first-order valence-corrected chi connectivity index (χ1v) is 11.1. The lowest BCUT2D eigenvalue weighted by Gasteiger charge is -2.43. The van der Waals surface area contributed by atoms with Gasteiger partial charge in [-0.25, -0.2) is 5.01 Å². The van der Waals surface area contributed by atoms with Gasteiger partial charge in [0.15, 0.2) is 5.75 Å². The molecule has 30 heavy (non-hydrogen) atoms. The predicted molar refractivity (Wildman–Crippen MR) is 113 cm³/mol. The number of hydrogen-bond donors (Lipinski definition) is 2. The molecule has 1 saturated heterocycles. The number of nitrogens with zero attached hydrogens (tertiary/aromatic N) is 2. The average molecular weight is 420 g/mol. The Bertz CT molecular complexity index is 737. The van der Waals surface area contributed by atoms with Crippen LogP contribution in [0.5, 0.6) is 5.75 Å². The van der Waals surface area contributed by atoms with E-state index in [4.69, 9.17) is 4.74 Å². The molecule has 8 nitrogen and oxygen atoms in total. The van der Waals surface area contributed by atoms with Crippen molar-refractivity contribution in [1.82, 2.24) is 10.4 Å². The van der Waals surface area contributed by atoms with Crippen molar-refractivity contribution in [2.24, 2.45) is 5.92 Å². The van der Waals surface area contributed by atoms with Crippen LogP contribution in [0.3, 0.4) is 0 Å². The zero-order chi connectivity index (χ0) is 21.5. The lowest BCUT2D eigenvalue weighted by Crippen LogP contribution is -2.55. The molecule has 8 heteroatoms. The van der Waals surface area contributed by atoms with Crippen LogP contribution < -0.4 is 10.2 Å². The van der Waals surface area contributed by atoms with E-state index in [0.717, 1.165) is 18.9 Å². The first-order chi connectivity index (χ1) is 14.5. The Balaban J connectivity index is 1.42. The molecule has 1 amide bonds. The standard InChI is InChI=1S/C22H33N3O5/c1-16(26)18-10-6-12-20(22(18)25(28)29)30-15-5-4-13-21(27)23-24-14-7-9-17-8-2-3-11-19(17)24/h6,10,12,16-17,19,26H,2-5,7-9,11,13-15H2,1H3,(H,23,27). The minimum absolute atomic E-state index is 0.0308. The Morgan fingerprint density at radius 1 is 1.30 bits per heavy atom. The van der Waals surface area contributed by atoms with Crippen molar-refractivity contribution in [1.29, 1.82) is 0 Å². The van der Waals surface area contributed by atoms with E-state index in [1.165, 1.54) is 51.2 Å². The molecular formula is C22H33N3O5. The highest BCUT2D eigenvalue weighted by Gasteiger charge is 2.33. The van der Waals surface area contributed by atoms with Crippen LogP contribution in [0.15, 0.2) is 18.2 Å². The number of unbranched alkanes of at least 4 members (excludes halogenated alkanes) is 1. The van der Waals surface area contributed by atoms with Gasteiger partial charge in [-0.15, -0.1) is 0 Å². The normalized spacial score (nSPS) is 22.7. The molecule has 3 atom stereocenters. The second-order valence-electron chi connectivity index (χ2n) is 8.42. The smallest absolute Gasteiger partial charge is 0.316 e. The zero-order valence-corrected chi connectivity index (χ0v) is 17.7. The summed E-state index contributed by atoms with van der Waals surface area (Å²) in [4.78, 5) is 23.2. The number of aliphatic hydroxyl groups is 1. The van der Waals surface area contributed by atoms with Crippen molar-refractivity contribution in [3.8, 4) is 5.75 Å². The summed E-state index contributed by atoms with van der Waals surface area (Å²) in [7, 11) is 0. The molecule has 0 aromatic heterocycles. The van der Waals surface area contributed by atoms with E-state index in [9.17, 15) is 20.0 Å². The minimum Gasteiger partial charge on any atom is -0.487 e. The number of carbonyl (C=O) groups excluding carboxylic acids is 1. The van der Waals surface area contributed by atoms with Gasteiger partial charge in [0.1, 0.15) is 0 Å². The summed E-state index contributed by atoms with van der Waals surface area (Å²) < 4.78 is 5.60. The number of benzene rings is 1. The summed E-state index contributed by atoms with van der Waals surface area (Å²) in [6.45, 7) is 2.70. The van der Waals surface area contributed by atoms with Crippen LogP contribution in [0.2, 0.25) is 0 Å². The van der Waals surface area contributed by atoms with Gasteiger partial charge >= 0.3 is 5.69 Å². The van der Waals surface area contributed by atoms with Crippen molar-refractivity contribution in [3.05, 3.63) is 33.9 Å². The van der Waals surface area contributed by atoms with Gasteiger partial charge in [0.05, 0.1) is 23.2 Å². The SMILES string of the molecule is CC(O)c1cccc(OCCCCC(=O)NN2CCCC3CCCCC32)c1[N+](=O)[O-]. The lowest BCUT2D eigenvalue weighted by atomic mass is 9.79. The Hall–Kier alpha value is -2.19. The Labute approximate surface area is 177 Å². The number of rotatable bonds is 9. The molecule has 3 rings (SSSR count). The van der Waals surface area contributed by atoms with Gasteiger partial charge in [-0.2, -0.15) is 0 Å². The summed E-state index contributed by atoms with van der Waals surface area (Å²) in [5.41, 5.74) is 3.15. The highest BCUT2D eigenvalue weighted by Crippen LogP contribution is 2.35. The molecule has 0 spiro atoms. The van der Waals surface area contributed by atoms with Crippen molar-refractivity contribution < 1.29 is 19.6 Å². The highest BCUT2D eigenvalue weighted by molar-refractivity contribution is 5.75. The molecule has 3 unspecified atom stereocenters. The number of ether oxygens (including phenoxy) is 1. The minimum atomic E-state index is -0.948. The number of nitrogens with one attached hydrogen (secondary N) is 1. The summed E-state index contributed by atoms with van der Waals surface area (Å²) in [6, 6.07) is 5.18. The molecule has 1 saturated carbocycles. The van der Waals surface area contributed by atoms with E-state index >= 15 is 0 Å². The fourth-order valence-corrected chi connectivity index (χ4v) is 4.74. The average Bonchev–Trinajstić information content (AvgIpc) is 2.73. The summed E-state index contributed by atoms with van der Waals surface area (Å²) in [5.74, 6) is 0.900. The van der Waals surface area contributed by atoms with E-state index < -0.39 is 11.0 Å². The van der Waals surface area contributed by atoms with Gasteiger partial charge in [-0.3, -0.25) is 20.3 Å². The Kier molecular flexibility index (Phi) is 8.04. The number of hydrogen-bond acceptors (Lipinski definition) is 6. The quantitative estimate of drug-likeness (QED) is 0.357. The first-order valence-electron chi connectivity index (χ1n) is 11.1. The molecule has 1 aliphatic heterocycles. The fraction of sp³-hybridized carbons (Fsp3) is 0.682. The van der Waals surface area contributed by atoms with Gasteiger partial charge < -0.3 is 9.84 Å². The van der Waals surface area contributed by atoms with Gasteiger partial charge in [0, 0.05) is 19.0 Å². The van der Waals surface area contributed by atoms with E-state index in [1.807, 2.05) is 0 Å². The molecule has 1 aromatic rings. The number of nitro benzene ring substituents is 1. The van der Waals surface area contributed by atoms with Crippen molar-refractivity contribution in [2.45, 2.75) is 76.9 Å². The number of aliphatic hydroxyl groups excluding tert-OH is 1. The number of hydrazine groups is 1. The maximum atomic E-state index is 12.4. The second-order valence-corrected chi connectivity index (χ2v) is 8.42. The monoisotopic (exact) mass is 419 g/mol. The lowest BCUT2D eigenvalue weighted by molar-refractivity contribution is -0.387. The first kappa shape index (κ1) is 22.5. The van der Waals surface area contributed by atoms with Crippen molar-refractivity contribution in [2.75, 3.05) is 13.2 Å². The van der Waals surface area contributed by atoms with Crippen LogP contribution in [0.25, 0.3) is 0 Å². The van der Waals surface area contributed by atoms with Gasteiger partial charge in [0.2, 0.25) is 5.91 Å². The molecule has 0 bridgehead atoms. The molecule has 1 aromatic carbocycles. The number of amides is 1. The van der Waals surface area contributed by atoms with E-state index in [0.29, 0.717) is 25.3 Å². The Morgan fingerprint density at radius 3 is 2.83 bits per heavy atom. The number of nitro groups is 1. The number of para-hydroxylation sites is 1. The maximum Gasteiger partial charge on any atom is 0.316 e. The van der Waals surface area contributed by atoms with Gasteiger partial charge in [0.25, 0.3) is 0 Å². The van der Waals surface area contributed by atoms with Crippen LogP contribution in [0, 0.1) is 16.0 Å². The predicted octanol–water partition coefficient (Wildman–Crippen LogP) is 3.88. The van der Waals surface area contributed by atoms with Crippen LogP contribution in [-0.4, -0.2) is 40.1 Å². The van der Waals surface area contributed by atoms with Gasteiger partial charge in [-0.1, -0.05) is 18.9 Å². The van der Waals surface area contributed by atoms with Crippen molar-refractivity contribution >= 4 is 11.6 Å². The zero-order valence-electron chi connectivity index (χ0n) is 17.7. The molecule has 2 N–H and O–H groups in total. The molecule has 1 heterocycles. The number of piperidine rings is 1. The summed E-state index contributed by atoms with van der Waals surface area (Å²) in [5, 5.41) is 23.3. The molecule has 0 radical (unpaired) electrons. The van der Waals surface area contributed by atoms with Crippen LogP contribution in [0.1, 0.15) is 76.4 Å². The summed E-state index contributed by atoms with van der Waals surface area (Å²) >= 11 is 0. The number of carbonyl (C=O) groups is 1. The van der Waals surface area contributed by atoms with Gasteiger partial charge in [-0.05, 0) is 63.5 Å². The summed E-state index contributed by atoms with van der Waals surface area (Å²) in [6.07, 6.45) is 8.14. The maximum absolute atomic E-state index is 12.4. The topological polar surface area (TPSA) is 105 Å². The largest absolute Gasteiger partial charge is 0.487 e. The van der Waals surface area contributed by atoms with Crippen LogP contribution in [0.4, 0.5) is 5.69 Å². The molecule has 2 aliphatic rings. The third-order valence-corrected chi connectivity index (χ3v) is 6.23. The highest BCUT2D eigenvalue weighted by atomic mass is 16.6. The molecular weight excluding hydrogens is 386 g/mol. The third kappa shape index (κ3) is 5.70. The third-order valence-electron chi connectivity index (χ3n) is 6.23. The van der Waals surface area contributed by atoms with Crippen molar-refractivity contribution in [3.63, 3.8) is 0 Å². The second kappa shape index (κ2) is 10.7. The van der Waals surface area contributed by atoms with E-state index in [2.05, 4.69) is 10.4 Å². The van der Waals surface area contributed by atoms with Crippen LogP contribution >= 0.6 is 0 Å². The van der Waals surface area contributed by atoms with E-state index in [-0.39, 0.29) is 29.5 Å². The van der Waals surface area contributed by atoms with Crippen LogP contribution in [-0.2, 0) is 4.79 Å². The van der Waals surface area contributed by atoms with E-state index in [1.54, 1.807) is 6.07 Å². The fourth-order valence-electron chi connectivity index (χ4n) is 4.74. The molecule has 1 aliphatic carbocycles. The molecule has 166 valence electrons.